The summed E-state index contributed by atoms with van der Waals surface area (Å²) in [5.74, 6) is -0.0241. The van der Waals surface area contributed by atoms with Crippen LogP contribution in [0.4, 0.5) is 0 Å². The number of H-pyrrole nitrogens is 1. The second-order valence-corrected chi connectivity index (χ2v) is 7.00. The van der Waals surface area contributed by atoms with Crippen LogP contribution in [0.2, 0.25) is 5.02 Å². The van der Waals surface area contributed by atoms with Crippen LogP contribution in [-0.4, -0.2) is 58.1 Å². The summed E-state index contributed by atoms with van der Waals surface area (Å²) in [4.78, 5) is 32.0. The standard InChI is InChI=1S/C17H16ClN3O3/c18-11-2-1-3-12-10(11)8-13(19-12)16(23)20-5-4-17-14(20)9-15(22)21(17)6-7-24-17/h1-3,8,14,19H,4-7,9H2/t14-,17+/m1/s1. The van der Waals surface area contributed by atoms with Gasteiger partial charge in [0.05, 0.1) is 19.1 Å². The predicted octanol–water partition coefficient (Wildman–Crippen LogP) is 1.99. The summed E-state index contributed by atoms with van der Waals surface area (Å²) in [5, 5.41) is 1.44. The number of ether oxygens (including phenoxy) is 1. The number of likely N-dealkylation sites (tertiary alicyclic amines) is 1. The van der Waals surface area contributed by atoms with E-state index in [1.165, 1.54) is 0 Å². The zero-order valence-electron chi connectivity index (χ0n) is 12.9. The van der Waals surface area contributed by atoms with E-state index in [2.05, 4.69) is 4.98 Å². The molecule has 2 amide bonds. The highest BCUT2D eigenvalue weighted by Gasteiger charge is 2.62. The van der Waals surface area contributed by atoms with Gasteiger partial charge in [0.25, 0.3) is 5.91 Å². The maximum atomic E-state index is 13.0. The summed E-state index contributed by atoms with van der Waals surface area (Å²) in [6, 6.07) is 7.12. The number of carbonyl (C=O) groups excluding carboxylic acids is 2. The van der Waals surface area contributed by atoms with Crippen molar-refractivity contribution >= 4 is 34.3 Å². The van der Waals surface area contributed by atoms with E-state index in [9.17, 15) is 9.59 Å². The Labute approximate surface area is 143 Å². The summed E-state index contributed by atoms with van der Waals surface area (Å²) in [6.45, 7) is 1.77. The lowest BCUT2D eigenvalue weighted by Gasteiger charge is -2.31. The number of nitrogens with zero attached hydrogens (tertiary/aromatic N) is 2. The second-order valence-electron chi connectivity index (χ2n) is 6.59. The minimum Gasteiger partial charge on any atom is -0.351 e. The summed E-state index contributed by atoms with van der Waals surface area (Å²) in [5.41, 5.74) is 0.733. The van der Waals surface area contributed by atoms with Crippen LogP contribution in [-0.2, 0) is 9.53 Å². The SMILES string of the molecule is O=C(c1cc2c(Cl)cccc2[nH]1)N1CC[C@@]23OCCN2C(=O)C[C@@H]13. The molecule has 0 radical (unpaired) electrons. The molecule has 1 N–H and O–H groups in total. The Kier molecular flexibility index (Phi) is 2.82. The third-order valence-electron chi connectivity index (χ3n) is 5.50. The number of aromatic amines is 1. The highest BCUT2D eigenvalue weighted by atomic mass is 35.5. The first kappa shape index (κ1) is 14.3. The monoisotopic (exact) mass is 345 g/mol. The largest absolute Gasteiger partial charge is 0.351 e. The Morgan fingerprint density at radius 3 is 3.08 bits per heavy atom. The lowest BCUT2D eigenvalue weighted by molar-refractivity contribution is -0.136. The number of benzene rings is 1. The van der Waals surface area contributed by atoms with E-state index >= 15 is 0 Å². The first-order valence-corrected chi connectivity index (χ1v) is 8.50. The van der Waals surface area contributed by atoms with Crippen molar-refractivity contribution in [1.82, 2.24) is 14.8 Å². The zero-order chi connectivity index (χ0) is 16.5. The van der Waals surface area contributed by atoms with Crippen LogP contribution in [0, 0.1) is 0 Å². The van der Waals surface area contributed by atoms with Gasteiger partial charge in [-0.15, -0.1) is 0 Å². The fourth-order valence-electron chi connectivity index (χ4n) is 4.42. The minimum atomic E-state index is -0.601. The molecule has 24 heavy (non-hydrogen) atoms. The van der Waals surface area contributed by atoms with Gasteiger partial charge in [-0.2, -0.15) is 0 Å². The molecule has 5 rings (SSSR count). The van der Waals surface area contributed by atoms with Gasteiger partial charge in [0.1, 0.15) is 5.69 Å². The summed E-state index contributed by atoms with van der Waals surface area (Å²) in [6.07, 6.45) is 1.02. The Hall–Kier alpha value is -2.05. The third kappa shape index (κ3) is 1.70. The molecule has 1 aromatic carbocycles. The van der Waals surface area contributed by atoms with Gasteiger partial charge in [-0.05, 0) is 18.2 Å². The number of hydrogen-bond acceptors (Lipinski definition) is 3. The van der Waals surface area contributed by atoms with Crippen LogP contribution in [0.3, 0.4) is 0 Å². The average Bonchev–Trinajstić information content (AvgIpc) is 3.28. The molecular formula is C17H16ClN3O3. The van der Waals surface area contributed by atoms with Crippen LogP contribution in [0.25, 0.3) is 10.9 Å². The van der Waals surface area contributed by atoms with Gasteiger partial charge in [0.2, 0.25) is 5.91 Å². The van der Waals surface area contributed by atoms with Crippen molar-refractivity contribution in [1.29, 1.82) is 0 Å². The molecule has 2 atom stereocenters. The zero-order valence-corrected chi connectivity index (χ0v) is 13.7. The lowest BCUT2D eigenvalue weighted by atomic mass is 10.1. The van der Waals surface area contributed by atoms with E-state index < -0.39 is 5.72 Å². The fraction of sp³-hybridized carbons (Fsp3) is 0.412. The van der Waals surface area contributed by atoms with E-state index in [4.69, 9.17) is 16.3 Å². The fourth-order valence-corrected chi connectivity index (χ4v) is 4.65. The Morgan fingerprint density at radius 1 is 1.38 bits per heavy atom. The summed E-state index contributed by atoms with van der Waals surface area (Å²) >= 11 is 6.20. The van der Waals surface area contributed by atoms with Gasteiger partial charge >= 0.3 is 0 Å². The number of amides is 2. The first-order valence-electron chi connectivity index (χ1n) is 8.13. The highest BCUT2D eigenvalue weighted by Crippen LogP contribution is 2.46. The smallest absolute Gasteiger partial charge is 0.270 e. The van der Waals surface area contributed by atoms with Crippen molar-refractivity contribution in [3.05, 3.63) is 35.0 Å². The topological polar surface area (TPSA) is 65.6 Å². The van der Waals surface area contributed by atoms with Crippen LogP contribution in [0.5, 0.6) is 0 Å². The highest BCUT2D eigenvalue weighted by molar-refractivity contribution is 6.35. The molecule has 0 saturated carbocycles. The first-order chi connectivity index (χ1) is 11.6. The molecule has 0 unspecified atom stereocenters. The third-order valence-corrected chi connectivity index (χ3v) is 5.83. The van der Waals surface area contributed by atoms with E-state index in [-0.39, 0.29) is 17.9 Å². The van der Waals surface area contributed by atoms with Crippen molar-refractivity contribution in [3.63, 3.8) is 0 Å². The minimum absolute atomic E-state index is 0.0784. The van der Waals surface area contributed by atoms with Gasteiger partial charge in [0.15, 0.2) is 5.72 Å². The number of halogens is 1. The molecule has 1 spiro atoms. The molecule has 0 bridgehead atoms. The summed E-state index contributed by atoms with van der Waals surface area (Å²) < 4.78 is 5.93. The summed E-state index contributed by atoms with van der Waals surface area (Å²) in [7, 11) is 0. The van der Waals surface area contributed by atoms with E-state index in [1.807, 2.05) is 17.0 Å². The quantitative estimate of drug-likeness (QED) is 0.859. The Balaban J connectivity index is 1.51. The number of aromatic nitrogens is 1. The molecule has 124 valence electrons. The van der Waals surface area contributed by atoms with Crippen molar-refractivity contribution in [2.75, 3.05) is 19.7 Å². The normalized spacial score (nSPS) is 28.7. The molecule has 3 aliphatic rings. The maximum absolute atomic E-state index is 13.0. The Morgan fingerprint density at radius 2 is 2.25 bits per heavy atom. The van der Waals surface area contributed by atoms with E-state index in [1.54, 1.807) is 17.0 Å². The molecule has 1 aromatic heterocycles. The van der Waals surface area contributed by atoms with Crippen LogP contribution >= 0.6 is 11.6 Å². The van der Waals surface area contributed by atoms with Gasteiger partial charge in [-0.1, -0.05) is 17.7 Å². The lowest BCUT2D eigenvalue weighted by Crippen LogP contribution is -2.48. The molecule has 3 aliphatic heterocycles. The van der Waals surface area contributed by atoms with Crippen molar-refractivity contribution in [3.8, 4) is 0 Å². The van der Waals surface area contributed by atoms with E-state index in [0.717, 1.165) is 10.9 Å². The Bertz CT molecular complexity index is 879. The molecule has 6 nitrogen and oxygen atoms in total. The number of fused-ring (bicyclic) bond motifs is 1. The van der Waals surface area contributed by atoms with Crippen molar-refractivity contribution in [2.45, 2.75) is 24.6 Å². The molecule has 2 aromatic rings. The van der Waals surface area contributed by atoms with Gasteiger partial charge in [-0.3, -0.25) is 9.59 Å². The molecule has 4 heterocycles. The number of hydrogen-bond donors (Lipinski definition) is 1. The molecule has 7 heteroatoms. The van der Waals surface area contributed by atoms with E-state index in [0.29, 0.717) is 43.3 Å². The van der Waals surface area contributed by atoms with Crippen LogP contribution in [0.15, 0.2) is 24.3 Å². The van der Waals surface area contributed by atoms with Crippen LogP contribution < -0.4 is 0 Å². The van der Waals surface area contributed by atoms with Crippen molar-refractivity contribution < 1.29 is 14.3 Å². The average molecular weight is 346 g/mol. The van der Waals surface area contributed by atoms with Gasteiger partial charge < -0.3 is 19.5 Å². The van der Waals surface area contributed by atoms with Crippen LogP contribution in [0.1, 0.15) is 23.3 Å². The predicted molar refractivity (Wildman–Crippen MR) is 87.8 cm³/mol. The number of rotatable bonds is 1. The number of nitrogens with one attached hydrogen (secondary N) is 1. The van der Waals surface area contributed by atoms with Gasteiger partial charge in [-0.25, -0.2) is 0 Å². The molecule has 3 fully saturated rings. The molecular weight excluding hydrogens is 330 g/mol. The maximum Gasteiger partial charge on any atom is 0.270 e. The van der Waals surface area contributed by atoms with Gasteiger partial charge in [0, 0.05) is 35.4 Å². The van der Waals surface area contributed by atoms with Crippen molar-refractivity contribution in [2.24, 2.45) is 0 Å². The molecule has 0 aliphatic carbocycles. The molecule has 3 saturated heterocycles. The number of carbonyl (C=O) groups is 2. The second kappa shape index (κ2) is 4.74.